The number of rotatable bonds is 5. The third-order valence-corrected chi connectivity index (χ3v) is 4.52. The fourth-order valence-corrected chi connectivity index (χ4v) is 2.99. The molecule has 2 aromatic carbocycles. The standard InChI is InChI=1S/C21H22N4O2.ClH/c1-4-5-14-8-16(13(2)3)9-17(20(14)26)11-25-12-23-18-7-6-15(10-19(18)25)21(27)24-22;/h4,6-13H,1,5,22H2,2-3H3,(H,24,27);1H/p+1. The molecular weight excluding hydrogens is 376 g/mol. The average Bonchev–Trinajstić information content (AvgIpc) is 3.06. The monoisotopic (exact) mass is 399 g/mol. The summed E-state index contributed by atoms with van der Waals surface area (Å²) in [4.78, 5) is 16.2. The number of hydrazine groups is 1. The molecule has 7 heteroatoms. The first kappa shape index (κ1) is 21.3. The SMILES string of the molecule is C=CCc1cc(C(C)C)cc(C=[N+]2C=Nc3ccc(C(=O)NN)cc32)c1O.Cl. The lowest BCUT2D eigenvalue weighted by atomic mass is 9.95. The number of nitrogens with one attached hydrogen (secondary N) is 1. The van der Waals surface area contributed by atoms with E-state index in [1.165, 1.54) is 0 Å². The Morgan fingerprint density at radius 2 is 2.11 bits per heavy atom. The number of aromatic hydroxyl groups is 1. The zero-order valence-corrected chi connectivity index (χ0v) is 16.7. The molecule has 1 heterocycles. The molecule has 1 amide bonds. The zero-order valence-electron chi connectivity index (χ0n) is 15.8. The highest BCUT2D eigenvalue weighted by Gasteiger charge is 2.23. The number of allylic oxidation sites excluding steroid dienone is 1. The van der Waals surface area contributed by atoms with Gasteiger partial charge in [0.05, 0.1) is 5.56 Å². The van der Waals surface area contributed by atoms with Crippen molar-refractivity contribution in [3.05, 3.63) is 65.2 Å². The van der Waals surface area contributed by atoms with Gasteiger partial charge in [-0.3, -0.25) is 10.2 Å². The van der Waals surface area contributed by atoms with Gasteiger partial charge in [0.1, 0.15) is 12.0 Å². The van der Waals surface area contributed by atoms with E-state index in [1.807, 2.05) is 18.3 Å². The summed E-state index contributed by atoms with van der Waals surface area (Å²) in [5.74, 6) is 5.39. The van der Waals surface area contributed by atoms with Gasteiger partial charge in [-0.1, -0.05) is 26.0 Å². The lowest BCUT2D eigenvalue weighted by Crippen LogP contribution is -2.29. The number of carbonyl (C=O) groups is 1. The number of benzene rings is 2. The summed E-state index contributed by atoms with van der Waals surface area (Å²) >= 11 is 0. The molecule has 0 bridgehead atoms. The van der Waals surface area contributed by atoms with Crippen LogP contribution in [-0.2, 0) is 6.42 Å². The molecule has 0 fully saturated rings. The molecule has 0 atom stereocenters. The van der Waals surface area contributed by atoms with Crippen LogP contribution in [0.2, 0.25) is 0 Å². The zero-order chi connectivity index (χ0) is 19.6. The summed E-state index contributed by atoms with van der Waals surface area (Å²) in [6, 6.07) is 9.12. The Morgan fingerprint density at radius 3 is 2.75 bits per heavy atom. The molecule has 0 aliphatic carbocycles. The van der Waals surface area contributed by atoms with Crippen LogP contribution in [0, 0.1) is 0 Å². The summed E-state index contributed by atoms with van der Waals surface area (Å²) in [7, 11) is 0. The Balaban J connectivity index is 0.00000280. The number of aliphatic imine (C=N–C) groups is 1. The molecule has 6 nitrogen and oxygen atoms in total. The van der Waals surface area contributed by atoms with E-state index < -0.39 is 0 Å². The molecule has 146 valence electrons. The molecule has 0 unspecified atom stereocenters. The highest BCUT2D eigenvalue weighted by molar-refractivity contribution is 5.96. The van der Waals surface area contributed by atoms with Gasteiger partial charge < -0.3 is 5.11 Å². The fraction of sp³-hybridized carbons (Fsp3) is 0.190. The van der Waals surface area contributed by atoms with E-state index in [-0.39, 0.29) is 24.1 Å². The summed E-state index contributed by atoms with van der Waals surface area (Å²) in [5.41, 5.74) is 6.70. The van der Waals surface area contributed by atoms with Crippen molar-refractivity contribution in [1.29, 1.82) is 0 Å². The summed E-state index contributed by atoms with van der Waals surface area (Å²) in [6.07, 6.45) is 5.82. The van der Waals surface area contributed by atoms with Crippen molar-refractivity contribution in [2.75, 3.05) is 0 Å². The number of amides is 1. The molecule has 1 aliphatic rings. The predicted octanol–water partition coefficient (Wildman–Crippen LogP) is 3.71. The summed E-state index contributed by atoms with van der Waals surface area (Å²) in [6.45, 7) is 7.99. The number of phenolic OH excluding ortho intramolecular Hbond substituents is 1. The van der Waals surface area contributed by atoms with Gasteiger partial charge in [-0.2, -0.15) is 4.58 Å². The maximum Gasteiger partial charge on any atom is 0.292 e. The number of carbonyl (C=O) groups excluding carboxylic acids is 1. The van der Waals surface area contributed by atoms with Crippen molar-refractivity contribution in [3.8, 4) is 5.75 Å². The minimum atomic E-state index is -0.373. The van der Waals surface area contributed by atoms with E-state index in [4.69, 9.17) is 5.84 Å². The number of halogens is 1. The van der Waals surface area contributed by atoms with Crippen molar-refractivity contribution in [3.63, 3.8) is 0 Å². The molecule has 2 aromatic rings. The number of phenols is 1. The van der Waals surface area contributed by atoms with Crippen LogP contribution in [0.4, 0.5) is 11.4 Å². The van der Waals surface area contributed by atoms with Gasteiger partial charge in [0.15, 0.2) is 5.69 Å². The van der Waals surface area contributed by atoms with Crippen molar-refractivity contribution in [2.24, 2.45) is 10.8 Å². The minimum Gasteiger partial charge on any atom is -0.507 e. The first-order valence-corrected chi connectivity index (χ1v) is 8.73. The second-order valence-corrected chi connectivity index (χ2v) is 6.72. The fourth-order valence-electron chi connectivity index (χ4n) is 2.99. The lowest BCUT2D eigenvalue weighted by Gasteiger charge is -2.12. The highest BCUT2D eigenvalue weighted by Crippen LogP contribution is 2.33. The van der Waals surface area contributed by atoms with E-state index in [9.17, 15) is 9.90 Å². The Bertz CT molecular complexity index is 981. The van der Waals surface area contributed by atoms with Crippen molar-refractivity contribution in [2.45, 2.75) is 26.2 Å². The third-order valence-electron chi connectivity index (χ3n) is 4.52. The Labute approximate surface area is 170 Å². The quantitative estimate of drug-likeness (QED) is 0.235. The molecule has 4 N–H and O–H groups in total. The van der Waals surface area contributed by atoms with Crippen LogP contribution in [-0.4, -0.2) is 28.1 Å². The van der Waals surface area contributed by atoms with Crippen molar-refractivity contribution >= 4 is 42.2 Å². The third kappa shape index (κ3) is 4.13. The van der Waals surface area contributed by atoms with Gasteiger partial charge in [-0.15, -0.1) is 19.0 Å². The van der Waals surface area contributed by atoms with E-state index in [2.05, 4.69) is 30.8 Å². The first-order valence-electron chi connectivity index (χ1n) is 8.73. The molecule has 0 aromatic heterocycles. The number of nitrogens with two attached hydrogens (primary N) is 1. The number of nitrogen functional groups attached to an aromatic ring is 1. The Hall–Kier alpha value is -2.96. The van der Waals surface area contributed by atoms with Gasteiger partial charge in [0.25, 0.3) is 12.2 Å². The molecule has 0 saturated heterocycles. The number of nitrogens with zero attached hydrogens (tertiary/aromatic N) is 2. The van der Waals surface area contributed by atoms with Crippen LogP contribution in [0.25, 0.3) is 0 Å². The molecule has 0 saturated carbocycles. The van der Waals surface area contributed by atoms with Gasteiger partial charge in [-0.05, 0) is 46.7 Å². The Kier molecular flexibility index (Phi) is 6.72. The second-order valence-electron chi connectivity index (χ2n) is 6.72. The maximum atomic E-state index is 11.8. The second kappa shape index (κ2) is 8.82. The van der Waals surface area contributed by atoms with Crippen LogP contribution in [0.5, 0.6) is 5.75 Å². The topological polar surface area (TPSA) is 90.7 Å². The van der Waals surface area contributed by atoms with E-state index in [0.29, 0.717) is 23.5 Å². The van der Waals surface area contributed by atoms with E-state index in [0.717, 1.165) is 22.5 Å². The molecule has 3 rings (SSSR count). The molecule has 28 heavy (non-hydrogen) atoms. The minimum absolute atomic E-state index is 0. The summed E-state index contributed by atoms with van der Waals surface area (Å²) < 4.78 is 1.79. The number of hydrogen-bond donors (Lipinski definition) is 3. The van der Waals surface area contributed by atoms with Crippen LogP contribution in [0.1, 0.15) is 46.8 Å². The largest absolute Gasteiger partial charge is 0.507 e. The van der Waals surface area contributed by atoms with Crippen LogP contribution in [0.3, 0.4) is 0 Å². The number of fused-ring (bicyclic) bond motifs is 1. The van der Waals surface area contributed by atoms with Crippen LogP contribution in [0.15, 0.2) is 48.0 Å². The van der Waals surface area contributed by atoms with Crippen LogP contribution >= 0.6 is 12.4 Å². The van der Waals surface area contributed by atoms with Crippen molar-refractivity contribution < 1.29 is 14.5 Å². The van der Waals surface area contributed by atoms with Gasteiger partial charge in [-0.25, -0.2) is 5.84 Å². The smallest absolute Gasteiger partial charge is 0.292 e. The van der Waals surface area contributed by atoms with E-state index in [1.54, 1.807) is 35.2 Å². The van der Waals surface area contributed by atoms with E-state index >= 15 is 0 Å². The Morgan fingerprint density at radius 1 is 1.36 bits per heavy atom. The predicted molar refractivity (Wildman–Crippen MR) is 115 cm³/mol. The van der Waals surface area contributed by atoms with Gasteiger partial charge in [0.2, 0.25) is 5.69 Å². The summed E-state index contributed by atoms with van der Waals surface area (Å²) in [5, 5.41) is 10.7. The van der Waals surface area contributed by atoms with Gasteiger partial charge in [0, 0.05) is 11.6 Å². The lowest BCUT2D eigenvalue weighted by molar-refractivity contribution is -0.282. The molecule has 0 spiro atoms. The molecule has 1 aliphatic heterocycles. The highest BCUT2D eigenvalue weighted by atomic mass is 35.5. The first-order chi connectivity index (χ1) is 12.9. The average molecular weight is 400 g/mol. The van der Waals surface area contributed by atoms with Crippen LogP contribution < -0.4 is 11.3 Å². The maximum absolute atomic E-state index is 11.8. The number of hydrogen-bond acceptors (Lipinski definition) is 4. The molecule has 0 radical (unpaired) electrons. The van der Waals surface area contributed by atoms with Crippen molar-refractivity contribution in [1.82, 2.24) is 5.43 Å². The molecular formula is C21H24ClN4O2+. The normalized spacial score (nSPS) is 13.4. The van der Waals surface area contributed by atoms with Gasteiger partial charge >= 0.3 is 0 Å².